The number of anilines is 1. The molecule has 0 saturated heterocycles. The quantitative estimate of drug-likeness (QED) is 0.892. The molecule has 1 N–H and O–H groups in total. The minimum absolute atomic E-state index is 0.170. The first-order valence-electron chi connectivity index (χ1n) is 5.67. The van der Waals surface area contributed by atoms with E-state index in [1.54, 1.807) is 25.5 Å². The second kappa shape index (κ2) is 5.44. The molecule has 1 aromatic carbocycles. The zero-order valence-corrected chi connectivity index (χ0v) is 10.1. The summed E-state index contributed by atoms with van der Waals surface area (Å²) in [7, 11) is 1.67. The third-order valence-corrected chi connectivity index (χ3v) is 2.61. The number of aryl methyl sites for hydroxylation is 1. The molecular formula is C13H14FN3O. The number of nitrogens with one attached hydrogen (secondary N) is 1. The van der Waals surface area contributed by atoms with Crippen molar-refractivity contribution in [3.05, 3.63) is 58.4 Å². The van der Waals surface area contributed by atoms with Gasteiger partial charge >= 0.3 is 0 Å². The summed E-state index contributed by atoms with van der Waals surface area (Å²) in [5, 5.41) is 2.95. The zero-order valence-electron chi connectivity index (χ0n) is 10.1. The van der Waals surface area contributed by atoms with Gasteiger partial charge in [0.15, 0.2) is 5.82 Å². The molecule has 0 saturated carbocycles. The normalized spacial score (nSPS) is 10.3. The Morgan fingerprint density at radius 1 is 1.44 bits per heavy atom. The molecule has 18 heavy (non-hydrogen) atoms. The van der Waals surface area contributed by atoms with Crippen molar-refractivity contribution in [2.45, 2.75) is 6.42 Å². The lowest BCUT2D eigenvalue weighted by molar-refractivity contribution is 0.625. The summed E-state index contributed by atoms with van der Waals surface area (Å²) in [6.07, 6.45) is 3.80. The van der Waals surface area contributed by atoms with E-state index in [0.29, 0.717) is 18.8 Å². The first-order valence-corrected chi connectivity index (χ1v) is 5.67. The first-order chi connectivity index (χ1) is 8.66. The monoisotopic (exact) mass is 247 g/mol. The summed E-state index contributed by atoms with van der Waals surface area (Å²) >= 11 is 0. The van der Waals surface area contributed by atoms with Gasteiger partial charge in [0.1, 0.15) is 5.82 Å². The van der Waals surface area contributed by atoms with Crippen LogP contribution in [0.1, 0.15) is 5.56 Å². The molecule has 0 fully saturated rings. The molecule has 0 amide bonds. The van der Waals surface area contributed by atoms with Gasteiger partial charge in [-0.3, -0.25) is 4.79 Å². The fourth-order valence-corrected chi connectivity index (χ4v) is 1.64. The lowest BCUT2D eigenvalue weighted by atomic mass is 10.1. The second-order valence-corrected chi connectivity index (χ2v) is 4.00. The van der Waals surface area contributed by atoms with Crippen LogP contribution in [0.4, 0.5) is 10.2 Å². The van der Waals surface area contributed by atoms with Crippen molar-refractivity contribution in [2.75, 3.05) is 11.9 Å². The van der Waals surface area contributed by atoms with Crippen LogP contribution in [-0.4, -0.2) is 16.1 Å². The maximum absolute atomic E-state index is 12.9. The van der Waals surface area contributed by atoms with E-state index < -0.39 is 0 Å². The van der Waals surface area contributed by atoms with Crippen molar-refractivity contribution in [3.63, 3.8) is 0 Å². The molecule has 0 aliphatic heterocycles. The average molecular weight is 247 g/mol. The van der Waals surface area contributed by atoms with Gasteiger partial charge in [0.05, 0.1) is 0 Å². The van der Waals surface area contributed by atoms with Gasteiger partial charge in [0.25, 0.3) is 5.56 Å². The lowest BCUT2D eigenvalue weighted by Gasteiger charge is -2.06. The van der Waals surface area contributed by atoms with Crippen molar-refractivity contribution < 1.29 is 4.39 Å². The summed E-state index contributed by atoms with van der Waals surface area (Å²) < 4.78 is 14.4. The largest absolute Gasteiger partial charge is 0.365 e. The Labute approximate surface area is 104 Å². The van der Waals surface area contributed by atoms with Gasteiger partial charge < -0.3 is 9.88 Å². The van der Waals surface area contributed by atoms with Gasteiger partial charge in [-0.1, -0.05) is 12.1 Å². The SMILES string of the molecule is Cn1ccnc(NCCc2cccc(F)c2)c1=O. The minimum atomic E-state index is -0.249. The number of nitrogens with zero attached hydrogens (tertiary/aromatic N) is 2. The number of benzene rings is 1. The van der Waals surface area contributed by atoms with Crippen LogP contribution in [0.3, 0.4) is 0 Å². The van der Waals surface area contributed by atoms with Crippen LogP contribution in [0.2, 0.25) is 0 Å². The Kier molecular flexibility index (Phi) is 3.72. The topological polar surface area (TPSA) is 46.9 Å². The minimum Gasteiger partial charge on any atom is -0.365 e. The van der Waals surface area contributed by atoms with Crippen LogP contribution < -0.4 is 10.9 Å². The molecule has 0 radical (unpaired) electrons. The van der Waals surface area contributed by atoms with E-state index in [4.69, 9.17) is 0 Å². The second-order valence-electron chi connectivity index (χ2n) is 4.00. The van der Waals surface area contributed by atoms with Crippen LogP contribution in [0.5, 0.6) is 0 Å². The first kappa shape index (κ1) is 12.3. The predicted molar refractivity (Wildman–Crippen MR) is 68.1 cm³/mol. The standard InChI is InChI=1S/C13H14FN3O/c1-17-8-7-16-12(13(17)18)15-6-5-10-3-2-4-11(14)9-10/h2-4,7-9H,5-6H2,1H3,(H,15,16). The summed E-state index contributed by atoms with van der Waals surface area (Å²) in [6, 6.07) is 6.41. The smallest absolute Gasteiger partial charge is 0.293 e. The summed E-state index contributed by atoms with van der Waals surface area (Å²) in [5.74, 6) is 0.0673. The number of aromatic nitrogens is 2. The molecule has 2 aromatic rings. The van der Waals surface area contributed by atoms with E-state index >= 15 is 0 Å². The fraction of sp³-hybridized carbons (Fsp3) is 0.231. The van der Waals surface area contributed by atoms with Gasteiger partial charge in [-0.05, 0) is 24.1 Å². The Hall–Kier alpha value is -2.17. The van der Waals surface area contributed by atoms with Crippen LogP contribution in [0, 0.1) is 5.82 Å². The number of hydrogen-bond donors (Lipinski definition) is 1. The van der Waals surface area contributed by atoms with Crippen molar-refractivity contribution in [2.24, 2.45) is 7.05 Å². The average Bonchev–Trinajstić information content (AvgIpc) is 2.35. The van der Waals surface area contributed by atoms with E-state index in [1.165, 1.54) is 16.7 Å². The molecule has 94 valence electrons. The number of halogens is 1. The molecule has 4 nitrogen and oxygen atoms in total. The maximum Gasteiger partial charge on any atom is 0.293 e. The molecule has 0 aliphatic rings. The Bertz CT molecular complexity index is 595. The summed E-state index contributed by atoms with van der Waals surface area (Å²) in [5.41, 5.74) is 0.715. The van der Waals surface area contributed by atoms with Gasteiger partial charge in [-0.2, -0.15) is 0 Å². The number of hydrogen-bond acceptors (Lipinski definition) is 3. The highest BCUT2D eigenvalue weighted by atomic mass is 19.1. The zero-order chi connectivity index (χ0) is 13.0. The molecule has 0 spiro atoms. The molecule has 0 bridgehead atoms. The van der Waals surface area contributed by atoms with Crippen molar-refractivity contribution in [1.82, 2.24) is 9.55 Å². The van der Waals surface area contributed by atoms with E-state index in [0.717, 1.165) is 5.56 Å². The van der Waals surface area contributed by atoms with Crippen LogP contribution in [0.25, 0.3) is 0 Å². The highest BCUT2D eigenvalue weighted by Gasteiger charge is 2.01. The Morgan fingerprint density at radius 3 is 3.06 bits per heavy atom. The molecule has 0 aliphatic carbocycles. The summed E-state index contributed by atoms with van der Waals surface area (Å²) in [6.45, 7) is 0.537. The van der Waals surface area contributed by atoms with Gasteiger partial charge in [-0.25, -0.2) is 9.37 Å². The molecule has 1 heterocycles. The van der Waals surface area contributed by atoms with E-state index in [-0.39, 0.29) is 11.4 Å². The van der Waals surface area contributed by atoms with E-state index in [1.807, 2.05) is 6.07 Å². The van der Waals surface area contributed by atoms with Crippen LogP contribution in [-0.2, 0) is 13.5 Å². The Balaban J connectivity index is 1.97. The van der Waals surface area contributed by atoms with Crippen molar-refractivity contribution >= 4 is 5.82 Å². The number of rotatable bonds is 4. The van der Waals surface area contributed by atoms with E-state index in [9.17, 15) is 9.18 Å². The molecule has 0 atom stereocenters. The maximum atomic E-state index is 12.9. The predicted octanol–water partition coefficient (Wildman–Crippen LogP) is 1.57. The third-order valence-electron chi connectivity index (χ3n) is 2.61. The van der Waals surface area contributed by atoms with E-state index in [2.05, 4.69) is 10.3 Å². The third kappa shape index (κ3) is 2.94. The van der Waals surface area contributed by atoms with Gasteiger partial charge in [0.2, 0.25) is 0 Å². The highest BCUT2D eigenvalue weighted by molar-refractivity contribution is 5.31. The van der Waals surface area contributed by atoms with Crippen LogP contribution >= 0.6 is 0 Å². The molecule has 5 heteroatoms. The Morgan fingerprint density at radius 2 is 2.28 bits per heavy atom. The fourth-order valence-electron chi connectivity index (χ4n) is 1.64. The summed E-state index contributed by atoms with van der Waals surface area (Å²) in [4.78, 5) is 15.6. The van der Waals surface area contributed by atoms with Gasteiger partial charge in [0, 0.05) is 26.0 Å². The molecular weight excluding hydrogens is 233 g/mol. The van der Waals surface area contributed by atoms with Crippen molar-refractivity contribution in [1.29, 1.82) is 0 Å². The van der Waals surface area contributed by atoms with Crippen LogP contribution in [0.15, 0.2) is 41.5 Å². The lowest BCUT2D eigenvalue weighted by Crippen LogP contribution is -2.22. The molecule has 0 unspecified atom stereocenters. The van der Waals surface area contributed by atoms with Gasteiger partial charge in [-0.15, -0.1) is 0 Å². The molecule has 2 rings (SSSR count). The highest BCUT2D eigenvalue weighted by Crippen LogP contribution is 2.04. The van der Waals surface area contributed by atoms with Crippen molar-refractivity contribution in [3.8, 4) is 0 Å². The molecule has 1 aromatic heterocycles.